The average molecular weight is 325 g/mol. The maximum Gasteiger partial charge on any atom is 0.0880 e. The third-order valence-electron chi connectivity index (χ3n) is 5.68. The van der Waals surface area contributed by atoms with Crippen LogP contribution in [0.15, 0.2) is 42.7 Å². The number of hydrogen-bond acceptors (Lipinski definition) is 3. The van der Waals surface area contributed by atoms with E-state index in [0.29, 0.717) is 6.54 Å². The zero-order valence-electron chi connectivity index (χ0n) is 14.3. The van der Waals surface area contributed by atoms with Crippen LogP contribution in [0.25, 0.3) is 11.0 Å². The Morgan fingerprint density at radius 1 is 1.21 bits per heavy atom. The minimum atomic E-state index is -0.593. The summed E-state index contributed by atoms with van der Waals surface area (Å²) < 4.78 is 2.16. The zero-order chi connectivity index (χ0) is 16.4. The Labute approximate surface area is 143 Å². The van der Waals surface area contributed by atoms with E-state index in [1.165, 1.54) is 25.8 Å². The Morgan fingerprint density at radius 2 is 2.08 bits per heavy atom. The predicted molar refractivity (Wildman–Crippen MR) is 96.8 cm³/mol. The average Bonchev–Trinajstić information content (AvgIpc) is 3.01. The third kappa shape index (κ3) is 3.40. The number of allylic oxidation sites excluding steroid dienone is 2. The Morgan fingerprint density at radius 3 is 2.88 bits per heavy atom. The summed E-state index contributed by atoms with van der Waals surface area (Å²) in [5.74, 6) is 0.806. The van der Waals surface area contributed by atoms with E-state index in [1.807, 2.05) is 18.3 Å². The van der Waals surface area contributed by atoms with Gasteiger partial charge < -0.3 is 14.6 Å². The Balaban J connectivity index is 1.36. The Kier molecular flexibility index (Phi) is 4.42. The molecule has 0 spiro atoms. The fourth-order valence-corrected chi connectivity index (χ4v) is 4.17. The van der Waals surface area contributed by atoms with Gasteiger partial charge in [0.05, 0.1) is 23.2 Å². The van der Waals surface area contributed by atoms with E-state index in [-0.39, 0.29) is 0 Å². The third-order valence-corrected chi connectivity index (χ3v) is 5.68. The molecule has 128 valence electrons. The van der Waals surface area contributed by atoms with Crippen LogP contribution in [0.3, 0.4) is 0 Å². The molecule has 1 unspecified atom stereocenters. The molecule has 0 aromatic carbocycles. The molecule has 3 heterocycles. The van der Waals surface area contributed by atoms with Gasteiger partial charge in [-0.2, -0.15) is 0 Å². The van der Waals surface area contributed by atoms with Gasteiger partial charge in [0.15, 0.2) is 0 Å². The number of aliphatic hydroxyl groups is 1. The minimum Gasteiger partial charge on any atom is -0.388 e. The highest BCUT2D eigenvalue weighted by Crippen LogP contribution is 2.28. The number of nitrogens with zero attached hydrogens (tertiary/aromatic N) is 3. The minimum absolute atomic E-state index is 0.593. The first-order valence-corrected chi connectivity index (χ1v) is 9.21. The maximum absolute atomic E-state index is 11.0. The number of aromatic nitrogens is 2. The topological polar surface area (TPSA) is 41.3 Å². The van der Waals surface area contributed by atoms with Crippen molar-refractivity contribution in [1.82, 2.24) is 14.5 Å². The van der Waals surface area contributed by atoms with Crippen LogP contribution in [-0.4, -0.2) is 44.8 Å². The maximum atomic E-state index is 11.0. The zero-order valence-corrected chi connectivity index (χ0v) is 14.3. The van der Waals surface area contributed by atoms with Crippen LogP contribution in [0.1, 0.15) is 32.1 Å². The van der Waals surface area contributed by atoms with Crippen LogP contribution in [0.5, 0.6) is 0 Å². The summed E-state index contributed by atoms with van der Waals surface area (Å²) in [6.45, 7) is 3.88. The summed E-state index contributed by atoms with van der Waals surface area (Å²) in [6.07, 6.45) is 14.0. The fourth-order valence-electron chi connectivity index (χ4n) is 4.17. The van der Waals surface area contributed by atoms with E-state index >= 15 is 0 Å². The van der Waals surface area contributed by atoms with E-state index in [0.717, 1.165) is 42.9 Å². The van der Waals surface area contributed by atoms with Crippen molar-refractivity contribution in [3.05, 3.63) is 42.7 Å². The molecule has 0 bridgehead atoms. The first-order valence-electron chi connectivity index (χ1n) is 9.21. The monoisotopic (exact) mass is 325 g/mol. The van der Waals surface area contributed by atoms with Gasteiger partial charge in [-0.15, -0.1) is 0 Å². The summed E-state index contributed by atoms with van der Waals surface area (Å²) >= 11 is 0. The molecule has 0 saturated carbocycles. The fraction of sp³-hybridized carbons (Fsp3) is 0.550. The van der Waals surface area contributed by atoms with E-state index in [4.69, 9.17) is 0 Å². The van der Waals surface area contributed by atoms with Gasteiger partial charge in [-0.1, -0.05) is 12.2 Å². The standard InChI is InChI=1S/C20H27N3O/c24-20(16-23-12-8-18-19(23)7-4-11-21-18)9-13-22(14-10-20)15-17-5-2-1-3-6-17/h1-2,4,7-8,11-12,17,24H,3,5-6,9-10,13-16H2. The van der Waals surface area contributed by atoms with Gasteiger partial charge in [0.1, 0.15) is 0 Å². The van der Waals surface area contributed by atoms with Crippen LogP contribution in [-0.2, 0) is 6.54 Å². The summed E-state index contributed by atoms with van der Waals surface area (Å²) in [5.41, 5.74) is 1.52. The van der Waals surface area contributed by atoms with Gasteiger partial charge in [-0.25, -0.2) is 0 Å². The van der Waals surface area contributed by atoms with Gasteiger partial charge >= 0.3 is 0 Å². The number of pyridine rings is 1. The number of rotatable bonds is 4. The smallest absolute Gasteiger partial charge is 0.0880 e. The second kappa shape index (κ2) is 6.69. The van der Waals surface area contributed by atoms with Crippen LogP contribution in [0, 0.1) is 5.92 Å². The SMILES string of the molecule is OC1(Cn2ccc3ncccc32)CCN(CC2CC=CCC2)CC1. The molecule has 1 saturated heterocycles. The van der Waals surface area contributed by atoms with E-state index in [2.05, 4.69) is 38.9 Å². The molecule has 1 aliphatic heterocycles. The number of fused-ring (bicyclic) bond motifs is 1. The number of likely N-dealkylation sites (tertiary alicyclic amines) is 1. The number of hydrogen-bond donors (Lipinski definition) is 1. The van der Waals surface area contributed by atoms with Crippen molar-refractivity contribution in [1.29, 1.82) is 0 Å². The Bertz CT molecular complexity index is 712. The molecule has 2 aromatic rings. The Hall–Kier alpha value is -1.65. The van der Waals surface area contributed by atoms with Gasteiger partial charge in [0, 0.05) is 32.0 Å². The molecule has 0 amide bonds. The largest absolute Gasteiger partial charge is 0.388 e. The summed E-state index contributed by atoms with van der Waals surface area (Å²) in [7, 11) is 0. The summed E-state index contributed by atoms with van der Waals surface area (Å²) in [4.78, 5) is 6.93. The molecule has 4 heteroatoms. The van der Waals surface area contributed by atoms with Crippen molar-refractivity contribution in [2.45, 2.75) is 44.2 Å². The van der Waals surface area contributed by atoms with Crippen LogP contribution in [0.4, 0.5) is 0 Å². The van der Waals surface area contributed by atoms with Crippen LogP contribution in [0.2, 0.25) is 0 Å². The molecular weight excluding hydrogens is 298 g/mol. The van der Waals surface area contributed by atoms with Crippen LogP contribution >= 0.6 is 0 Å². The van der Waals surface area contributed by atoms with E-state index in [9.17, 15) is 5.11 Å². The van der Waals surface area contributed by atoms with Crippen molar-refractivity contribution in [3.63, 3.8) is 0 Å². The van der Waals surface area contributed by atoms with Gasteiger partial charge in [-0.3, -0.25) is 4.98 Å². The van der Waals surface area contributed by atoms with Crippen molar-refractivity contribution in [2.24, 2.45) is 5.92 Å². The number of piperidine rings is 1. The van der Waals surface area contributed by atoms with Crippen LogP contribution < -0.4 is 0 Å². The first-order chi connectivity index (χ1) is 11.7. The van der Waals surface area contributed by atoms with Crippen molar-refractivity contribution in [3.8, 4) is 0 Å². The highest BCUT2D eigenvalue weighted by molar-refractivity contribution is 5.75. The van der Waals surface area contributed by atoms with Crippen molar-refractivity contribution in [2.75, 3.05) is 19.6 Å². The first kappa shape index (κ1) is 15.9. The highest BCUT2D eigenvalue weighted by atomic mass is 16.3. The predicted octanol–water partition coefficient (Wildman–Crippen LogP) is 3.22. The normalized spacial score (nSPS) is 24.5. The lowest BCUT2D eigenvalue weighted by Gasteiger charge is -2.40. The molecular formula is C20H27N3O. The molecule has 1 atom stereocenters. The molecule has 2 aromatic heterocycles. The lowest BCUT2D eigenvalue weighted by Crippen LogP contribution is -2.47. The second-order valence-electron chi connectivity index (χ2n) is 7.53. The molecule has 1 aliphatic carbocycles. The van der Waals surface area contributed by atoms with E-state index < -0.39 is 5.60 Å². The van der Waals surface area contributed by atoms with E-state index in [1.54, 1.807) is 0 Å². The summed E-state index contributed by atoms with van der Waals surface area (Å²) in [5, 5.41) is 11.0. The molecule has 24 heavy (non-hydrogen) atoms. The van der Waals surface area contributed by atoms with Crippen molar-refractivity contribution < 1.29 is 5.11 Å². The molecule has 4 nitrogen and oxygen atoms in total. The summed E-state index contributed by atoms with van der Waals surface area (Å²) in [6, 6.07) is 6.08. The van der Waals surface area contributed by atoms with Crippen molar-refractivity contribution >= 4 is 11.0 Å². The quantitative estimate of drug-likeness (QED) is 0.878. The molecule has 1 fully saturated rings. The lowest BCUT2D eigenvalue weighted by molar-refractivity contribution is -0.0360. The molecule has 1 N–H and O–H groups in total. The highest BCUT2D eigenvalue weighted by Gasteiger charge is 2.33. The molecule has 0 radical (unpaired) electrons. The van der Waals surface area contributed by atoms with Gasteiger partial charge in [0.2, 0.25) is 0 Å². The molecule has 4 rings (SSSR count). The molecule has 2 aliphatic rings. The second-order valence-corrected chi connectivity index (χ2v) is 7.53. The van der Waals surface area contributed by atoms with Gasteiger partial charge in [0.25, 0.3) is 0 Å². The van der Waals surface area contributed by atoms with Gasteiger partial charge in [-0.05, 0) is 56.2 Å². The lowest BCUT2D eigenvalue weighted by atomic mass is 9.89.